The van der Waals surface area contributed by atoms with Gasteiger partial charge in [-0.1, -0.05) is 0 Å². The van der Waals surface area contributed by atoms with E-state index in [4.69, 9.17) is 0 Å². The molecule has 0 saturated heterocycles. The molecule has 0 radical (unpaired) electrons. The Labute approximate surface area is 239 Å². The molecular weight excluding hydrogens is 558 g/mol. The zero-order valence-corrected chi connectivity index (χ0v) is 26.0. The first-order valence-electron chi connectivity index (χ1n) is 14.0. The summed E-state index contributed by atoms with van der Waals surface area (Å²) in [4.78, 5) is 0. The molecule has 36 heavy (non-hydrogen) atoms. The van der Waals surface area contributed by atoms with Crippen LogP contribution in [0.2, 0.25) is 0 Å². The first-order valence-corrected chi connectivity index (χ1v) is 17.7. The van der Waals surface area contributed by atoms with Crippen molar-refractivity contribution in [3.05, 3.63) is 74.1 Å². The smallest absolute Gasteiger partial charge is 1.00 e. The van der Waals surface area contributed by atoms with Crippen molar-refractivity contribution in [1.29, 1.82) is 0 Å². The third-order valence-corrected chi connectivity index (χ3v) is 16.7. The Morgan fingerprint density at radius 3 is 2.08 bits per heavy atom. The average Bonchev–Trinajstić information content (AvgIpc) is 3.53. The van der Waals surface area contributed by atoms with Gasteiger partial charge in [-0.3, -0.25) is 0 Å². The van der Waals surface area contributed by atoms with Gasteiger partial charge in [-0.25, -0.2) is 0 Å². The second kappa shape index (κ2) is 12.4. The van der Waals surface area contributed by atoms with Crippen molar-refractivity contribution in [3.63, 3.8) is 0 Å². The van der Waals surface area contributed by atoms with E-state index in [1.54, 1.807) is 39.9 Å². The van der Waals surface area contributed by atoms with Crippen LogP contribution in [0.1, 0.15) is 119 Å². The zero-order valence-electron chi connectivity index (χ0n) is 22.0. The second-order valence-electron chi connectivity index (χ2n) is 11.5. The van der Waals surface area contributed by atoms with Crippen LogP contribution in [-0.2, 0) is 27.7 Å². The summed E-state index contributed by atoms with van der Waals surface area (Å²) in [7, 11) is 0. The number of rotatable bonds is 4. The Kier molecular flexibility index (Phi) is 9.74. The van der Waals surface area contributed by atoms with Crippen molar-refractivity contribution < 1.29 is 46.1 Å². The fourth-order valence-electron chi connectivity index (χ4n) is 7.42. The summed E-state index contributed by atoms with van der Waals surface area (Å²) in [5, 5.41) is 0. The quantitative estimate of drug-likeness (QED) is 0.434. The third kappa shape index (κ3) is 5.37. The van der Waals surface area contributed by atoms with E-state index in [2.05, 4.69) is 62.4 Å². The molecule has 0 unspecified atom stereocenters. The molecule has 0 amide bonds. The summed E-state index contributed by atoms with van der Waals surface area (Å²) >= 11 is -2.08. The molecule has 6 rings (SSSR count). The molecule has 2 aromatic rings. The molecule has 0 atom stereocenters. The summed E-state index contributed by atoms with van der Waals surface area (Å²) in [6, 6.07) is 12.7. The van der Waals surface area contributed by atoms with Crippen LogP contribution in [0.4, 0.5) is 0 Å². The maximum absolute atomic E-state index is 2.62. The van der Waals surface area contributed by atoms with E-state index in [9.17, 15) is 0 Å². The number of hydrogen-bond donors (Lipinski definition) is 0. The largest absolute Gasteiger partial charge is 1.00 e. The Balaban J connectivity index is 0.00000152. The molecule has 3 heteroatoms. The number of fused-ring (bicyclic) bond motifs is 3. The molecule has 4 aliphatic rings. The van der Waals surface area contributed by atoms with Gasteiger partial charge in [-0.05, 0) is 0 Å². The zero-order chi connectivity index (χ0) is 23.1. The maximum atomic E-state index is 2.62. The van der Waals surface area contributed by atoms with Crippen molar-refractivity contribution >= 4 is 6.48 Å². The number of allylic oxidation sites excluding steroid dienone is 4. The van der Waals surface area contributed by atoms with Crippen LogP contribution < -0.4 is 28.1 Å². The van der Waals surface area contributed by atoms with Gasteiger partial charge in [0.1, 0.15) is 0 Å². The van der Waals surface area contributed by atoms with E-state index in [0.717, 1.165) is 11.8 Å². The molecule has 2 aromatic carbocycles. The van der Waals surface area contributed by atoms with Crippen molar-refractivity contribution in [2.75, 3.05) is 0 Å². The molecule has 190 valence electrons. The summed E-state index contributed by atoms with van der Waals surface area (Å²) in [5.74, 6) is 1.59. The van der Waals surface area contributed by atoms with E-state index >= 15 is 0 Å². The van der Waals surface area contributed by atoms with Gasteiger partial charge in [0.05, 0.1) is 0 Å². The predicted octanol–water partition coefficient (Wildman–Crippen LogP) is 2.66. The van der Waals surface area contributed by atoms with E-state index in [1.165, 1.54) is 77.0 Å². The van der Waals surface area contributed by atoms with Gasteiger partial charge in [-0.2, -0.15) is 0 Å². The van der Waals surface area contributed by atoms with Crippen LogP contribution in [0.5, 0.6) is 0 Å². The topological polar surface area (TPSA) is 0 Å². The van der Waals surface area contributed by atoms with E-state index < -0.39 is 21.3 Å². The first-order chi connectivity index (χ1) is 16.7. The van der Waals surface area contributed by atoms with Crippen LogP contribution in [0.15, 0.2) is 51.8 Å². The van der Waals surface area contributed by atoms with Gasteiger partial charge in [0.25, 0.3) is 0 Å². The first kappa shape index (κ1) is 28.3. The Morgan fingerprint density at radius 1 is 0.778 bits per heavy atom. The molecule has 0 nitrogen and oxygen atoms in total. The van der Waals surface area contributed by atoms with Crippen molar-refractivity contribution in [1.82, 2.24) is 0 Å². The fraction of sp³-hybridized carbons (Fsp3) is 0.485. The summed E-state index contributed by atoms with van der Waals surface area (Å²) in [6.45, 7) is 4.92. The molecule has 0 bridgehead atoms. The minimum atomic E-state index is -2.08. The maximum Gasteiger partial charge on any atom is -1.00 e. The molecule has 0 spiro atoms. The molecule has 0 aromatic heterocycles. The van der Waals surface area contributed by atoms with Gasteiger partial charge in [0, 0.05) is 0 Å². The molecule has 0 N–H and O–H groups in total. The van der Waals surface area contributed by atoms with Gasteiger partial charge < -0.3 is 24.8 Å². The van der Waals surface area contributed by atoms with Crippen LogP contribution in [-0.4, -0.2) is 3.21 Å². The van der Waals surface area contributed by atoms with Crippen molar-refractivity contribution in [3.8, 4) is 11.1 Å². The normalized spacial score (nSPS) is 18.9. The standard InChI is InChI=1S/C25H29.C5H5.C3H6.2ClH.Zr/c1-3-7-18(8-4-1)20-11-13-24-22(15-20)17-23-16-21(12-14-25(23)24)19-9-5-2-6-10-19;1-2-4-5-3-1;1-3-2;;;/h11-15,18-19H,1-10,17H2;1-3H,4H2;1-2H3;2*1H;/q;;;;;+2/p-2. The van der Waals surface area contributed by atoms with Gasteiger partial charge in [0.15, 0.2) is 0 Å². The van der Waals surface area contributed by atoms with Gasteiger partial charge in [-0.15, -0.1) is 0 Å². The SMILES string of the molecule is C[C](C)=[Zr+2]([C]1=CC=CC1)[c]1c(C2CCCCC2)ccc2c1Cc1cc(C3CCCCC3)ccc1-2.[Cl-].[Cl-]. The fourth-order valence-corrected chi connectivity index (χ4v) is 15.2. The average molecular weight is 599 g/mol. The molecule has 2 fully saturated rings. The minimum absolute atomic E-state index is 0. The van der Waals surface area contributed by atoms with Crippen molar-refractivity contribution in [2.45, 2.75) is 103 Å². The molecule has 0 heterocycles. The summed E-state index contributed by atoms with van der Waals surface area (Å²) < 4.78 is 5.44. The van der Waals surface area contributed by atoms with Crippen LogP contribution >= 0.6 is 0 Å². The van der Waals surface area contributed by atoms with Crippen LogP contribution in [0, 0.1) is 0 Å². The van der Waals surface area contributed by atoms with Gasteiger partial charge >= 0.3 is 216 Å². The van der Waals surface area contributed by atoms with E-state index in [0.29, 0.717) is 0 Å². The van der Waals surface area contributed by atoms with E-state index in [-0.39, 0.29) is 24.8 Å². The monoisotopic (exact) mass is 596 g/mol. The third-order valence-electron chi connectivity index (χ3n) is 9.10. The van der Waals surface area contributed by atoms with E-state index in [1.807, 2.05) is 3.27 Å². The second-order valence-corrected chi connectivity index (χ2v) is 18.6. The summed E-state index contributed by atoms with van der Waals surface area (Å²) in [6.07, 6.45) is 23.7. The molecular formula is C33H40Cl2Zr. The predicted molar refractivity (Wildman–Crippen MR) is 144 cm³/mol. The Bertz CT molecular complexity index is 1190. The Hall–Kier alpha value is -0.747. The van der Waals surface area contributed by atoms with Crippen LogP contribution in [0.3, 0.4) is 0 Å². The molecule has 4 aliphatic carbocycles. The summed E-state index contributed by atoms with van der Waals surface area (Å²) in [5.41, 5.74) is 9.87. The number of hydrogen-bond acceptors (Lipinski definition) is 0. The van der Waals surface area contributed by atoms with Crippen LogP contribution in [0.25, 0.3) is 11.1 Å². The number of halogens is 2. The minimum Gasteiger partial charge on any atom is -1.00 e. The van der Waals surface area contributed by atoms with Gasteiger partial charge in [0.2, 0.25) is 0 Å². The molecule has 2 saturated carbocycles. The molecule has 0 aliphatic heterocycles. The van der Waals surface area contributed by atoms with Crippen molar-refractivity contribution in [2.24, 2.45) is 0 Å². The number of benzene rings is 2. The Morgan fingerprint density at radius 2 is 1.44 bits per heavy atom.